The van der Waals surface area contributed by atoms with Crippen molar-refractivity contribution in [1.29, 1.82) is 0 Å². The van der Waals surface area contributed by atoms with Gasteiger partial charge in [0.15, 0.2) is 0 Å². The molecular formula is C13H18BrN3O3. The summed E-state index contributed by atoms with van der Waals surface area (Å²) in [4.78, 5) is 24.5. The van der Waals surface area contributed by atoms with E-state index in [9.17, 15) is 9.59 Å². The van der Waals surface area contributed by atoms with E-state index in [1.54, 1.807) is 6.07 Å². The Kier molecular flexibility index (Phi) is 5.97. The van der Waals surface area contributed by atoms with Gasteiger partial charge in [0, 0.05) is 17.1 Å². The normalized spacial score (nSPS) is 12.1. The summed E-state index contributed by atoms with van der Waals surface area (Å²) in [5.41, 5.74) is 0.675. The maximum Gasteiger partial charge on any atom is 0.335 e. The van der Waals surface area contributed by atoms with Gasteiger partial charge in [-0.05, 0) is 55.1 Å². The molecule has 0 spiro atoms. The molecule has 1 atom stereocenters. The van der Waals surface area contributed by atoms with Crippen LogP contribution in [0.1, 0.15) is 17.3 Å². The molecule has 0 saturated carbocycles. The Morgan fingerprint density at radius 3 is 2.55 bits per heavy atom. The minimum Gasteiger partial charge on any atom is -0.478 e. The zero-order valence-corrected chi connectivity index (χ0v) is 13.2. The van der Waals surface area contributed by atoms with Crippen LogP contribution in [0, 0.1) is 0 Å². The molecule has 6 nitrogen and oxygen atoms in total. The van der Waals surface area contributed by atoms with E-state index < -0.39 is 5.97 Å². The van der Waals surface area contributed by atoms with Crippen LogP contribution in [-0.2, 0) is 0 Å². The summed E-state index contributed by atoms with van der Waals surface area (Å²) in [5.74, 6) is -1.01. The number of aromatic carboxylic acids is 1. The number of likely N-dealkylation sites (N-methyl/N-ethyl adjacent to an activating group) is 1. The third kappa shape index (κ3) is 4.82. The van der Waals surface area contributed by atoms with Crippen molar-refractivity contribution in [2.75, 3.05) is 26.0 Å². The summed E-state index contributed by atoms with van der Waals surface area (Å²) in [7, 11) is 3.87. The summed E-state index contributed by atoms with van der Waals surface area (Å²) >= 11 is 3.23. The van der Waals surface area contributed by atoms with E-state index in [0.717, 1.165) is 0 Å². The largest absolute Gasteiger partial charge is 0.478 e. The standard InChI is InChI=1S/C13H18BrN3O3/c1-8(17(2)3)7-15-13(20)16-11-5-4-9(12(18)19)6-10(11)14/h4-6,8H,7H2,1-3H3,(H,18,19)(H2,15,16,20). The molecule has 0 heterocycles. The third-order valence-corrected chi connectivity index (χ3v) is 3.56. The first-order valence-electron chi connectivity index (χ1n) is 6.05. The van der Waals surface area contributed by atoms with Gasteiger partial charge in [0.1, 0.15) is 0 Å². The van der Waals surface area contributed by atoms with E-state index in [-0.39, 0.29) is 17.6 Å². The second kappa shape index (κ2) is 7.25. The van der Waals surface area contributed by atoms with Gasteiger partial charge < -0.3 is 20.6 Å². The number of halogens is 1. The second-order valence-electron chi connectivity index (χ2n) is 4.65. The van der Waals surface area contributed by atoms with Gasteiger partial charge in [-0.15, -0.1) is 0 Å². The van der Waals surface area contributed by atoms with Crippen molar-refractivity contribution in [3.63, 3.8) is 0 Å². The predicted molar refractivity (Wildman–Crippen MR) is 81.3 cm³/mol. The molecule has 0 aliphatic heterocycles. The summed E-state index contributed by atoms with van der Waals surface area (Å²) in [5, 5.41) is 14.3. The minimum atomic E-state index is -1.01. The van der Waals surface area contributed by atoms with Crippen molar-refractivity contribution < 1.29 is 14.7 Å². The highest BCUT2D eigenvalue weighted by Gasteiger charge is 2.10. The number of hydrogen-bond acceptors (Lipinski definition) is 3. The topological polar surface area (TPSA) is 81.7 Å². The highest BCUT2D eigenvalue weighted by Crippen LogP contribution is 2.23. The van der Waals surface area contributed by atoms with Crippen molar-refractivity contribution in [2.45, 2.75) is 13.0 Å². The molecule has 7 heteroatoms. The molecule has 3 N–H and O–H groups in total. The molecule has 0 aliphatic carbocycles. The van der Waals surface area contributed by atoms with Crippen LogP contribution in [0.25, 0.3) is 0 Å². The SMILES string of the molecule is CC(CNC(=O)Nc1ccc(C(=O)O)cc1Br)N(C)C. The molecule has 20 heavy (non-hydrogen) atoms. The fourth-order valence-electron chi connectivity index (χ4n) is 1.34. The van der Waals surface area contributed by atoms with Crippen molar-refractivity contribution in [3.05, 3.63) is 28.2 Å². The first kappa shape index (κ1) is 16.5. The lowest BCUT2D eigenvalue weighted by Crippen LogP contribution is -2.40. The third-order valence-electron chi connectivity index (χ3n) is 2.90. The molecule has 1 aromatic carbocycles. The summed E-state index contributed by atoms with van der Waals surface area (Å²) < 4.78 is 0.521. The molecule has 0 aliphatic rings. The number of carbonyl (C=O) groups is 2. The molecule has 0 saturated heterocycles. The second-order valence-corrected chi connectivity index (χ2v) is 5.50. The van der Waals surface area contributed by atoms with Gasteiger partial charge in [0.05, 0.1) is 11.3 Å². The molecule has 2 amide bonds. The van der Waals surface area contributed by atoms with Gasteiger partial charge in [0.25, 0.3) is 0 Å². The smallest absolute Gasteiger partial charge is 0.335 e. The molecule has 1 aromatic rings. The van der Waals surface area contributed by atoms with Crippen LogP contribution < -0.4 is 10.6 Å². The van der Waals surface area contributed by atoms with Crippen molar-refractivity contribution >= 4 is 33.6 Å². The monoisotopic (exact) mass is 343 g/mol. The average Bonchev–Trinajstić information content (AvgIpc) is 2.37. The number of benzene rings is 1. The number of carboxylic acid groups (broad SMARTS) is 1. The van der Waals surface area contributed by atoms with Crippen LogP contribution in [0.15, 0.2) is 22.7 Å². The molecule has 0 bridgehead atoms. The number of nitrogens with one attached hydrogen (secondary N) is 2. The number of anilines is 1. The highest BCUT2D eigenvalue weighted by molar-refractivity contribution is 9.10. The van der Waals surface area contributed by atoms with E-state index in [2.05, 4.69) is 26.6 Å². The number of urea groups is 1. The zero-order chi connectivity index (χ0) is 15.3. The maximum atomic E-state index is 11.7. The fourth-order valence-corrected chi connectivity index (χ4v) is 1.82. The molecular weight excluding hydrogens is 326 g/mol. The number of nitrogens with zero attached hydrogens (tertiary/aromatic N) is 1. The predicted octanol–water partition coefficient (Wildman–Crippen LogP) is 2.22. The Bertz CT molecular complexity index is 506. The molecule has 0 radical (unpaired) electrons. The van der Waals surface area contributed by atoms with Crippen molar-refractivity contribution in [1.82, 2.24) is 10.2 Å². The van der Waals surface area contributed by atoms with Crippen molar-refractivity contribution in [3.8, 4) is 0 Å². The Morgan fingerprint density at radius 2 is 2.05 bits per heavy atom. The van der Waals surface area contributed by atoms with Gasteiger partial charge in [0.2, 0.25) is 0 Å². The number of hydrogen-bond donors (Lipinski definition) is 3. The first-order chi connectivity index (χ1) is 9.31. The lowest BCUT2D eigenvalue weighted by Gasteiger charge is -2.20. The Morgan fingerprint density at radius 1 is 1.40 bits per heavy atom. The number of rotatable bonds is 5. The molecule has 1 rings (SSSR count). The van der Waals surface area contributed by atoms with Gasteiger partial charge in [-0.3, -0.25) is 0 Å². The zero-order valence-electron chi connectivity index (χ0n) is 11.6. The Labute approximate surface area is 126 Å². The van der Waals surface area contributed by atoms with E-state index in [0.29, 0.717) is 16.7 Å². The molecule has 0 aromatic heterocycles. The van der Waals surface area contributed by atoms with Crippen LogP contribution in [-0.4, -0.2) is 48.7 Å². The van der Waals surface area contributed by atoms with Crippen LogP contribution in [0.3, 0.4) is 0 Å². The van der Waals surface area contributed by atoms with Gasteiger partial charge in [-0.25, -0.2) is 9.59 Å². The first-order valence-corrected chi connectivity index (χ1v) is 6.84. The summed E-state index contributed by atoms with van der Waals surface area (Å²) in [6, 6.07) is 4.31. The molecule has 110 valence electrons. The Hall–Kier alpha value is -1.60. The van der Waals surface area contributed by atoms with Crippen LogP contribution in [0.2, 0.25) is 0 Å². The van der Waals surface area contributed by atoms with E-state index in [1.807, 2.05) is 25.9 Å². The Balaban J connectivity index is 2.60. The molecule has 0 fully saturated rings. The van der Waals surface area contributed by atoms with Gasteiger partial charge >= 0.3 is 12.0 Å². The van der Waals surface area contributed by atoms with Gasteiger partial charge in [-0.1, -0.05) is 0 Å². The number of carbonyl (C=O) groups excluding carboxylic acids is 1. The fraction of sp³-hybridized carbons (Fsp3) is 0.385. The number of carboxylic acids is 1. The van der Waals surface area contributed by atoms with E-state index in [4.69, 9.17) is 5.11 Å². The van der Waals surface area contributed by atoms with Gasteiger partial charge in [-0.2, -0.15) is 0 Å². The van der Waals surface area contributed by atoms with E-state index in [1.165, 1.54) is 12.1 Å². The van der Waals surface area contributed by atoms with Crippen LogP contribution >= 0.6 is 15.9 Å². The highest BCUT2D eigenvalue weighted by atomic mass is 79.9. The molecule has 1 unspecified atom stereocenters. The quantitative estimate of drug-likeness (QED) is 0.765. The van der Waals surface area contributed by atoms with Crippen LogP contribution in [0.4, 0.5) is 10.5 Å². The lowest BCUT2D eigenvalue weighted by molar-refractivity contribution is 0.0697. The number of amides is 2. The summed E-state index contributed by atoms with van der Waals surface area (Å²) in [6.45, 7) is 2.52. The van der Waals surface area contributed by atoms with Crippen LogP contribution in [0.5, 0.6) is 0 Å². The van der Waals surface area contributed by atoms with Crippen molar-refractivity contribution in [2.24, 2.45) is 0 Å². The summed E-state index contributed by atoms with van der Waals surface area (Å²) in [6.07, 6.45) is 0. The minimum absolute atomic E-state index is 0.157. The van der Waals surface area contributed by atoms with E-state index >= 15 is 0 Å². The lowest BCUT2D eigenvalue weighted by atomic mass is 10.2. The maximum absolute atomic E-state index is 11.7. The average molecular weight is 344 g/mol.